The van der Waals surface area contributed by atoms with Gasteiger partial charge in [-0.25, -0.2) is 4.79 Å². The Bertz CT molecular complexity index is 1040. The summed E-state index contributed by atoms with van der Waals surface area (Å²) in [4.78, 5) is 39.1. The van der Waals surface area contributed by atoms with Crippen LogP contribution in [0.1, 0.15) is 33.3 Å². The van der Waals surface area contributed by atoms with Gasteiger partial charge in [-0.2, -0.15) is 0 Å². The van der Waals surface area contributed by atoms with Gasteiger partial charge < -0.3 is 20.2 Å². The minimum atomic E-state index is -0.948. The van der Waals surface area contributed by atoms with Crippen LogP contribution in [0.2, 0.25) is 0 Å². The van der Waals surface area contributed by atoms with Crippen molar-refractivity contribution in [2.45, 2.75) is 20.0 Å². The average molecular weight is 380 g/mol. The molecule has 0 spiro atoms. The third kappa shape index (κ3) is 4.03. The second kappa shape index (κ2) is 7.96. The van der Waals surface area contributed by atoms with Crippen molar-refractivity contribution in [3.8, 4) is 5.75 Å². The number of carbonyl (C=O) groups excluding carboxylic acids is 3. The molecule has 0 bridgehead atoms. The molecule has 7 heteroatoms. The van der Waals surface area contributed by atoms with Crippen LogP contribution in [-0.2, 0) is 9.53 Å². The zero-order chi connectivity index (χ0) is 20.3. The van der Waals surface area contributed by atoms with E-state index in [0.29, 0.717) is 11.3 Å². The molecule has 0 unspecified atom stereocenters. The first-order chi connectivity index (χ1) is 13.4. The first-order valence-corrected chi connectivity index (χ1v) is 8.70. The SMILES string of the molecule is Cc1[nH]c2ccccc2c1C(=O)[C@@H](C)OC(=O)c1ccc(OCC(N)=O)cc1. The van der Waals surface area contributed by atoms with E-state index in [-0.39, 0.29) is 18.0 Å². The Morgan fingerprint density at radius 1 is 1.07 bits per heavy atom. The highest BCUT2D eigenvalue weighted by Crippen LogP contribution is 2.24. The Kier molecular flexibility index (Phi) is 5.44. The van der Waals surface area contributed by atoms with Gasteiger partial charge in [-0.3, -0.25) is 9.59 Å². The average Bonchev–Trinajstić information content (AvgIpc) is 3.01. The van der Waals surface area contributed by atoms with Gasteiger partial charge >= 0.3 is 5.97 Å². The smallest absolute Gasteiger partial charge is 0.338 e. The van der Waals surface area contributed by atoms with Gasteiger partial charge in [-0.15, -0.1) is 0 Å². The lowest BCUT2D eigenvalue weighted by atomic mass is 10.0. The zero-order valence-electron chi connectivity index (χ0n) is 15.5. The summed E-state index contributed by atoms with van der Waals surface area (Å²) in [6.45, 7) is 3.11. The molecule has 0 radical (unpaired) electrons. The number of H-pyrrole nitrogens is 1. The molecule has 0 saturated heterocycles. The van der Waals surface area contributed by atoms with Crippen LogP contribution >= 0.6 is 0 Å². The maximum Gasteiger partial charge on any atom is 0.338 e. The van der Waals surface area contributed by atoms with Crippen LogP contribution in [-0.4, -0.2) is 35.4 Å². The van der Waals surface area contributed by atoms with Crippen molar-refractivity contribution >= 4 is 28.6 Å². The summed E-state index contributed by atoms with van der Waals surface area (Å²) in [6.07, 6.45) is -0.948. The van der Waals surface area contributed by atoms with E-state index in [9.17, 15) is 14.4 Å². The second-order valence-electron chi connectivity index (χ2n) is 6.36. The molecule has 0 aliphatic carbocycles. The van der Waals surface area contributed by atoms with Crippen LogP contribution in [0.5, 0.6) is 5.75 Å². The number of benzene rings is 2. The maximum atomic E-state index is 12.8. The van der Waals surface area contributed by atoms with Crippen LogP contribution in [0.4, 0.5) is 0 Å². The van der Waals surface area contributed by atoms with Crippen LogP contribution in [0.15, 0.2) is 48.5 Å². The lowest BCUT2D eigenvalue weighted by Crippen LogP contribution is -2.25. The molecule has 3 aromatic rings. The quantitative estimate of drug-likeness (QED) is 0.484. The largest absolute Gasteiger partial charge is 0.484 e. The molecular weight excluding hydrogens is 360 g/mol. The fourth-order valence-electron chi connectivity index (χ4n) is 2.92. The molecular formula is C21H20N2O5. The first-order valence-electron chi connectivity index (χ1n) is 8.70. The van der Waals surface area contributed by atoms with E-state index in [1.807, 2.05) is 31.2 Å². The summed E-state index contributed by atoms with van der Waals surface area (Å²) in [5.41, 5.74) is 7.38. The van der Waals surface area contributed by atoms with Crippen molar-refractivity contribution in [3.63, 3.8) is 0 Å². The van der Waals surface area contributed by atoms with Gasteiger partial charge in [0.05, 0.1) is 5.56 Å². The molecule has 0 fully saturated rings. The molecule has 0 saturated carbocycles. The topological polar surface area (TPSA) is 111 Å². The number of aromatic amines is 1. The van der Waals surface area contributed by atoms with E-state index >= 15 is 0 Å². The van der Waals surface area contributed by atoms with Crippen molar-refractivity contribution in [2.75, 3.05) is 6.61 Å². The fourth-order valence-corrected chi connectivity index (χ4v) is 2.92. The van der Waals surface area contributed by atoms with E-state index in [2.05, 4.69) is 4.98 Å². The number of primary amides is 1. The number of esters is 1. The highest BCUT2D eigenvalue weighted by molar-refractivity contribution is 6.11. The van der Waals surface area contributed by atoms with Crippen molar-refractivity contribution in [3.05, 3.63) is 65.4 Å². The Labute approximate surface area is 161 Å². The number of nitrogens with one attached hydrogen (secondary N) is 1. The molecule has 7 nitrogen and oxygen atoms in total. The van der Waals surface area contributed by atoms with Crippen molar-refractivity contribution in [2.24, 2.45) is 5.73 Å². The number of para-hydroxylation sites is 1. The molecule has 28 heavy (non-hydrogen) atoms. The van der Waals surface area contributed by atoms with Crippen LogP contribution in [0.3, 0.4) is 0 Å². The number of nitrogens with two attached hydrogens (primary N) is 1. The van der Waals surface area contributed by atoms with Gasteiger partial charge in [-0.05, 0) is 44.2 Å². The molecule has 0 aliphatic rings. The van der Waals surface area contributed by atoms with Crippen LogP contribution in [0, 0.1) is 6.92 Å². The fraction of sp³-hybridized carbons (Fsp3) is 0.190. The van der Waals surface area contributed by atoms with E-state index in [4.69, 9.17) is 15.2 Å². The molecule has 3 rings (SSSR count). The predicted octanol–water partition coefficient (Wildman–Crippen LogP) is 2.77. The number of fused-ring (bicyclic) bond motifs is 1. The Morgan fingerprint density at radius 2 is 1.75 bits per heavy atom. The third-order valence-electron chi connectivity index (χ3n) is 4.26. The summed E-state index contributed by atoms with van der Waals surface area (Å²) in [7, 11) is 0. The molecule has 1 heterocycles. The Morgan fingerprint density at radius 3 is 2.43 bits per heavy atom. The van der Waals surface area contributed by atoms with E-state index < -0.39 is 18.0 Å². The molecule has 0 aliphatic heterocycles. The summed E-state index contributed by atoms with van der Waals surface area (Å²) in [5.74, 6) is -1.10. The Hall–Kier alpha value is -3.61. The number of aromatic nitrogens is 1. The number of aryl methyl sites for hydroxylation is 1. The van der Waals surface area contributed by atoms with Gasteiger partial charge in [0.1, 0.15) is 5.75 Å². The number of ether oxygens (including phenoxy) is 2. The summed E-state index contributed by atoms with van der Waals surface area (Å²) in [5, 5.41) is 0.795. The van der Waals surface area contributed by atoms with E-state index in [0.717, 1.165) is 16.6 Å². The summed E-state index contributed by atoms with van der Waals surface area (Å²) >= 11 is 0. The molecule has 2 aromatic carbocycles. The predicted molar refractivity (Wildman–Crippen MR) is 103 cm³/mol. The highest BCUT2D eigenvalue weighted by Gasteiger charge is 2.24. The number of hydrogen-bond donors (Lipinski definition) is 2. The van der Waals surface area contributed by atoms with Gasteiger partial charge in [-0.1, -0.05) is 18.2 Å². The third-order valence-corrected chi connectivity index (χ3v) is 4.26. The van der Waals surface area contributed by atoms with Gasteiger partial charge in [0.25, 0.3) is 5.91 Å². The monoisotopic (exact) mass is 380 g/mol. The zero-order valence-corrected chi connectivity index (χ0v) is 15.5. The number of hydrogen-bond acceptors (Lipinski definition) is 5. The highest BCUT2D eigenvalue weighted by atomic mass is 16.5. The first kappa shape index (κ1) is 19.2. The maximum absolute atomic E-state index is 12.8. The van der Waals surface area contributed by atoms with Crippen molar-refractivity contribution in [1.82, 2.24) is 4.98 Å². The van der Waals surface area contributed by atoms with Gasteiger partial charge in [0.15, 0.2) is 12.7 Å². The summed E-state index contributed by atoms with van der Waals surface area (Å²) in [6, 6.07) is 13.5. The van der Waals surface area contributed by atoms with E-state index in [1.165, 1.54) is 24.3 Å². The number of ketones is 1. The normalized spacial score (nSPS) is 11.8. The van der Waals surface area contributed by atoms with Gasteiger partial charge in [0.2, 0.25) is 5.78 Å². The van der Waals surface area contributed by atoms with Crippen LogP contribution in [0.25, 0.3) is 10.9 Å². The second-order valence-corrected chi connectivity index (χ2v) is 6.36. The summed E-state index contributed by atoms with van der Waals surface area (Å²) < 4.78 is 10.5. The number of carbonyl (C=O) groups is 3. The molecule has 3 N–H and O–H groups in total. The minimum absolute atomic E-state index is 0.251. The molecule has 144 valence electrons. The molecule has 1 atom stereocenters. The van der Waals surface area contributed by atoms with Gasteiger partial charge in [0, 0.05) is 22.2 Å². The number of Topliss-reactive ketones (excluding diaryl/α,β-unsaturated/α-hetero) is 1. The molecule has 1 amide bonds. The molecule has 1 aromatic heterocycles. The lowest BCUT2D eigenvalue weighted by Gasteiger charge is -2.13. The standard InChI is InChI=1S/C21H20N2O5/c1-12-19(16-5-3-4-6-17(16)23-12)20(25)13(2)28-21(26)14-7-9-15(10-8-14)27-11-18(22)24/h3-10,13,23H,11H2,1-2H3,(H2,22,24)/t13-/m1/s1. The lowest BCUT2D eigenvalue weighted by molar-refractivity contribution is -0.119. The van der Waals surface area contributed by atoms with Crippen molar-refractivity contribution in [1.29, 1.82) is 0 Å². The number of amides is 1. The minimum Gasteiger partial charge on any atom is -0.484 e. The van der Waals surface area contributed by atoms with Crippen molar-refractivity contribution < 1.29 is 23.9 Å². The van der Waals surface area contributed by atoms with Crippen LogP contribution < -0.4 is 10.5 Å². The number of rotatable bonds is 7. The van der Waals surface area contributed by atoms with E-state index in [1.54, 1.807) is 6.92 Å². The Balaban J connectivity index is 1.70.